The molecule has 2 saturated heterocycles. The summed E-state index contributed by atoms with van der Waals surface area (Å²) in [6.45, 7) is 0.954. The Morgan fingerprint density at radius 3 is 2.66 bits per heavy atom. The van der Waals surface area contributed by atoms with Crippen molar-refractivity contribution >= 4 is 23.2 Å². The number of ether oxygens (including phenoxy) is 2. The van der Waals surface area contributed by atoms with Crippen LogP contribution in [0.4, 0.5) is 24.5 Å². The van der Waals surface area contributed by atoms with E-state index in [9.17, 15) is 22.8 Å². The smallest absolute Gasteiger partial charge is 0.416 e. The minimum absolute atomic E-state index is 0.0220. The van der Waals surface area contributed by atoms with Crippen LogP contribution in [-0.4, -0.2) is 37.7 Å². The normalized spacial score (nSPS) is 21.1. The van der Waals surface area contributed by atoms with Gasteiger partial charge in [0.25, 0.3) is 0 Å². The molecule has 0 bridgehead atoms. The molecular formula is C23H23F3N2O4. The molecule has 4 rings (SSSR count). The third-order valence-electron chi connectivity index (χ3n) is 5.58. The van der Waals surface area contributed by atoms with Crippen LogP contribution >= 0.6 is 0 Å². The maximum absolute atomic E-state index is 13.2. The fourth-order valence-electron chi connectivity index (χ4n) is 3.86. The Morgan fingerprint density at radius 2 is 1.97 bits per heavy atom. The summed E-state index contributed by atoms with van der Waals surface area (Å²) in [6, 6.07) is 11.9. The highest BCUT2D eigenvalue weighted by Crippen LogP contribution is 2.36. The molecule has 9 heteroatoms. The number of rotatable bonds is 6. The molecule has 2 aliphatic rings. The molecule has 2 heterocycles. The lowest BCUT2D eigenvalue weighted by Gasteiger charge is -2.19. The highest BCUT2D eigenvalue weighted by atomic mass is 19.4. The molecule has 0 aliphatic carbocycles. The molecule has 2 aromatic carbocycles. The second kappa shape index (κ2) is 9.20. The zero-order valence-electron chi connectivity index (χ0n) is 17.2. The van der Waals surface area contributed by atoms with Crippen LogP contribution in [0.15, 0.2) is 48.5 Å². The summed E-state index contributed by atoms with van der Waals surface area (Å²) in [5, 5.41) is 2.55. The van der Waals surface area contributed by atoms with Gasteiger partial charge in [0, 0.05) is 25.3 Å². The van der Waals surface area contributed by atoms with E-state index >= 15 is 0 Å². The van der Waals surface area contributed by atoms with Gasteiger partial charge in [-0.05, 0) is 43.2 Å². The highest BCUT2D eigenvalue weighted by molar-refractivity contribution is 6.03. The average Bonchev–Trinajstić information content (AvgIpc) is 3.42. The summed E-state index contributed by atoms with van der Waals surface area (Å²) < 4.78 is 50.9. The van der Waals surface area contributed by atoms with Crippen LogP contribution in [0.3, 0.4) is 0 Å². The van der Waals surface area contributed by atoms with Gasteiger partial charge in [-0.1, -0.05) is 18.2 Å². The summed E-state index contributed by atoms with van der Waals surface area (Å²) in [7, 11) is 0. The Hall–Kier alpha value is -3.07. The van der Waals surface area contributed by atoms with E-state index in [2.05, 4.69) is 5.32 Å². The molecular weight excluding hydrogens is 425 g/mol. The van der Waals surface area contributed by atoms with Crippen LogP contribution in [0.5, 0.6) is 5.75 Å². The van der Waals surface area contributed by atoms with E-state index in [1.165, 1.54) is 11.0 Å². The van der Waals surface area contributed by atoms with Gasteiger partial charge in [-0.15, -0.1) is 0 Å². The lowest BCUT2D eigenvalue weighted by Crippen LogP contribution is -2.28. The minimum atomic E-state index is -4.57. The fraction of sp³-hybridized carbons (Fsp3) is 0.391. The van der Waals surface area contributed by atoms with Gasteiger partial charge < -0.3 is 19.7 Å². The monoisotopic (exact) mass is 448 g/mol. The number of alkyl halides is 3. The van der Waals surface area contributed by atoms with Gasteiger partial charge in [-0.3, -0.25) is 9.59 Å². The molecule has 0 spiro atoms. The average molecular weight is 448 g/mol. The molecule has 2 aliphatic heterocycles. The zero-order chi connectivity index (χ0) is 22.7. The van der Waals surface area contributed by atoms with Gasteiger partial charge in [-0.25, -0.2) is 0 Å². The van der Waals surface area contributed by atoms with Gasteiger partial charge in [0.05, 0.1) is 23.3 Å². The Labute approximate surface area is 183 Å². The number of carbonyl (C=O) groups is 2. The van der Waals surface area contributed by atoms with Gasteiger partial charge in [0.15, 0.2) is 0 Å². The summed E-state index contributed by atoms with van der Waals surface area (Å²) in [6.07, 6.45) is -3.01. The number of carbonyl (C=O) groups excluding carboxylic acids is 2. The first kappa shape index (κ1) is 22.1. The second-order valence-electron chi connectivity index (χ2n) is 7.88. The summed E-state index contributed by atoms with van der Waals surface area (Å²) in [5.74, 6) is -1.30. The SMILES string of the molecule is O=C(Nc1cc(C(F)(F)F)ccc1OCC1CCCO1)C1CC(=O)N(c2ccccc2)C1. The van der Waals surface area contributed by atoms with Gasteiger partial charge in [0.2, 0.25) is 11.8 Å². The lowest BCUT2D eigenvalue weighted by molar-refractivity contribution is -0.137. The molecule has 2 unspecified atom stereocenters. The number of halogens is 3. The Morgan fingerprint density at radius 1 is 1.19 bits per heavy atom. The van der Waals surface area contributed by atoms with Crippen LogP contribution in [0.25, 0.3) is 0 Å². The first-order valence-electron chi connectivity index (χ1n) is 10.4. The molecule has 0 radical (unpaired) electrons. The fourth-order valence-corrected chi connectivity index (χ4v) is 3.86. The van der Waals surface area contributed by atoms with Crippen molar-refractivity contribution in [3.05, 3.63) is 54.1 Å². The van der Waals surface area contributed by atoms with Crippen molar-refractivity contribution in [2.24, 2.45) is 5.92 Å². The maximum Gasteiger partial charge on any atom is 0.416 e. The van der Waals surface area contributed by atoms with Crippen molar-refractivity contribution in [1.29, 1.82) is 0 Å². The zero-order valence-corrected chi connectivity index (χ0v) is 17.2. The Kier molecular flexibility index (Phi) is 6.36. The number of hydrogen-bond donors (Lipinski definition) is 1. The number of amides is 2. The van der Waals surface area contributed by atoms with E-state index in [-0.39, 0.29) is 43.0 Å². The predicted octanol–water partition coefficient (Wildman–Crippen LogP) is 4.25. The van der Waals surface area contributed by atoms with Gasteiger partial charge in [0.1, 0.15) is 12.4 Å². The van der Waals surface area contributed by atoms with E-state index in [1.54, 1.807) is 24.3 Å². The summed E-state index contributed by atoms with van der Waals surface area (Å²) in [5.41, 5.74) is -0.299. The standard InChI is InChI=1S/C23H23F3N2O4/c24-23(25,26)16-8-9-20(32-14-18-7-4-10-31-18)19(12-16)27-22(30)15-11-21(29)28(13-15)17-5-2-1-3-6-17/h1-3,5-6,8-9,12,15,18H,4,7,10-11,13-14H2,(H,27,30). The molecule has 32 heavy (non-hydrogen) atoms. The number of para-hydroxylation sites is 1. The Bertz CT molecular complexity index is 975. The molecule has 1 N–H and O–H groups in total. The first-order valence-corrected chi connectivity index (χ1v) is 10.4. The maximum atomic E-state index is 13.2. The summed E-state index contributed by atoms with van der Waals surface area (Å²) >= 11 is 0. The van der Waals surface area contributed by atoms with E-state index in [4.69, 9.17) is 9.47 Å². The topological polar surface area (TPSA) is 67.9 Å². The largest absolute Gasteiger partial charge is 0.489 e. The second-order valence-corrected chi connectivity index (χ2v) is 7.88. The Balaban J connectivity index is 1.49. The molecule has 2 amide bonds. The summed E-state index contributed by atoms with van der Waals surface area (Å²) in [4.78, 5) is 26.8. The van der Waals surface area contributed by atoms with Crippen molar-refractivity contribution in [2.45, 2.75) is 31.5 Å². The van der Waals surface area contributed by atoms with Crippen LogP contribution in [0.2, 0.25) is 0 Å². The number of nitrogens with one attached hydrogen (secondary N) is 1. The van der Waals surface area contributed by atoms with Gasteiger partial charge in [-0.2, -0.15) is 13.2 Å². The highest BCUT2D eigenvalue weighted by Gasteiger charge is 2.36. The van der Waals surface area contributed by atoms with Crippen molar-refractivity contribution in [3.8, 4) is 5.75 Å². The molecule has 170 valence electrons. The van der Waals surface area contributed by atoms with Crippen molar-refractivity contribution < 1.29 is 32.2 Å². The number of nitrogens with zero attached hydrogens (tertiary/aromatic N) is 1. The predicted molar refractivity (Wildman–Crippen MR) is 111 cm³/mol. The molecule has 0 saturated carbocycles. The quantitative estimate of drug-likeness (QED) is 0.717. The van der Waals surface area contributed by atoms with Crippen LogP contribution < -0.4 is 15.0 Å². The van der Waals surface area contributed by atoms with E-state index in [0.717, 1.165) is 25.0 Å². The molecule has 2 fully saturated rings. The minimum Gasteiger partial charge on any atom is -0.489 e. The van der Waals surface area contributed by atoms with Crippen molar-refractivity contribution in [3.63, 3.8) is 0 Å². The third kappa shape index (κ3) is 5.04. The lowest BCUT2D eigenvalue weighted by atomic mass is 10.1. The van der Waals surface area contributed by atoms with Crippen LogP contribution in [0, 0.1) is 5.92 Å². The van der Waals surface area contributed by atoms with Crippen molar-refractivity contribution in [2.75, 3.05) is 30.0 Å². The van der Waals surface area contributed by atoms with Crippen LogP contribution in [0.1, 0.15) is 24.8 Å². The first-order chi connectivity index (χ1) is 15.3. The molecule has 2 aromatic rings. The molecule has 0 aromatic heterocycles. The van der Waals surface area contributed by atoms with E-state index < -0.39 is 23.6 Å². The molecule has 2 atom stereocenters. The van der Waals surface area contributed by atoms with Crippen molar-refractivity contribution in [1.82, 2.24) is 0 Å². The van der Waals surface area contributed by atoms with E-state index in [0.29, 0.717) is 12.3 Å². The molecule has 6 nitrogen and oxygen atoms in total. The van der Waals surface area contributed by atoms with E-state index in [1.807, 2.05) is 6.07 Å². The number of benzene rings is 2. The third-order valence-corrected chi connectivity index (χ3v) is 5.58. The van der Waals surface area contributed by atoms with Crippen LogP contribution in [-0.2, 0) is 20.5 Å². The number of anilines is 2. The number of hydrogen-bond acceptors (Lipinski definition) is 4. The van der Waals surface area contributed by atoms with Gasteiger partial charge >= 0.3 is 6.18 Å².